The lowest BCUT2D eigenvalue weighted by Crippen LogP contribution is -2.45. The SMILES string of the molecule is CCC1CN(C(=O)c2ccc3nnnn3c2)CCO1. The van der Waals surface area contributed by atoms with Gasteiger partial charge in [0.25, 0.3) is 5.91 Å². The van der Waals surface area contributed by atoms with Gasteiger partial charge in [-0.05, 0) is 29.0 Å². The number of hydrogen-bond donors (Lipinski definition) is 0. The van der Waals surface area contributed by atoms with Crippen LogP contribution in [0, 0.1) is 0 Å². The molecule has 3 heterocycles. The zero-order valence-electron chi connectivity index (χ0n) is 10.7. The van der Waals surface area contributed by atoms with Crippen molar-refractivity contribution in [2.75, 3.05) is 19.7 Å². The minimum Gasteiger partial charge on any atom is -0.375 e. The molecule has 19 heavy (non-hydrogen) atoms. The Hall–Kier alpha value is -2.02. The van der Waals surface area contributed by atoms with Crippen LogP contribution in [0.25, 0.3) is 5.65 Å². The van der Waals surface area contributed by atoms with Gasteiger partial charge < -0.3 is 9.64 Å². The summed E-state index contributed by atoms with van der Waals surface area (Å²) in [5.74, 6) is -0.000787. The van der Waals surface area contributed by atoms with Gasteiger partial charge in [-0.1, -0.05) is 6.92 Å². The highest BCUT2D eigenvalue weighted by Gasteiger charge is 2.24. The molecule has 0 radical (unpaired) electrons. The quantitative estimate of drug-likeness (QED) is 0.781. The summed E-state index contributed by atoms with van der Waals surface area (Å²) in [6.45, 7) is 3.93. The summed E-state index contributed by atoms with van der Waals surface area (Å²) >= 11 is 0. The number of carbonyl (C=O) groups excluding carboxylic acids is 1. The molecule has 7 heteroatoms. The number of aromatic nitrogens is 4. The van der Waals surface area contributed by atoms with Crippen molar-refractivity contribution in [1.29, 1.82) is 0 Å². The van der Waals surface area contributed by atoms with Crippen molar-refractivity contribution in [2.45, 2.75) is 19.4 Å². The Morgan fingerprint density at radius 1 is 1.53 bits per heavy atom. The van der Waals surface area contributed by atoms with Gasteiger partial charge in [-0.3, -0.25) is 4.79 Å². The Kier molecular flexibility index (Phi) is 3.12. The Labute approximate surface area is 110 Å². The summed E-state index contributed by atoms with van der Waals surface area (Å²) in [7, 11) is 0. The first-order valence-corrected chi connectivity index (χ1v) is 6.36. The summed E-state index contributed by atoms with van der Waals surface area (Å²) in [6, 6.07) is 3.50. The minimum atomic E-state index is -0.000787. The number of fused-ring (bicyclic) bond motifs is 1. The molecule has 1 saturated heterocycles. The van der Waals surface area contributed by atoms with Crippen LogP contribution < -0.4 is 0 Å². The van der Waals surface area contributed by atoms with Crippen molar-refractivity contribution < 1.29 is 9.53 Å². The monoisotopic (exact) mass is 261 g/mol. The number of pyridine rings is 1. The molecule has 0 N–H and O–H groups in total. The Morgan fingerprint density at radius 3 is 3.26 bits per heavy atom. The largest absolute Gasteiger partial charge is 0.375 e. The van der Waals surface area contributed by atoms with Crippen molar-refractivity contribution in [3.05, 3.63) is 23.9 Å². The first kappa shape index (κ1) is 12.0. The van der Waals surface area contributed by atoms with Gasteiger partial charge in [0.2, 0.25) is 0 Å². The number of rotatable bonds is 2. The Bertz CT molecular complexity index is 597. The zero-order valence-corrected chi connectivity index (χ0v) is 10.7. The molecule has 2 aromatic rings. The molecule has 1 aliphatic rings. The van der Waals surface area contributed by atoms with Gasteiger partial charge in [0, 0.05) is 19.3 Å². The minimum absolute atomic E-state index is 0.000787. The standard InChI is InChI=1S/C12H15N5O2/c1-2-10-8-16(5-6-19-10)12(18)9-3-4-11-13-14-15-17(11)7-9/h3-4,7,10H,2,5-6,8H2,1H3. The molecule has 2 aromatic heterocycles. The zero-order chi connectivity index (χ0) is 13.2. The second kappa shape index (κ2) is 4.93. The normalized spacial score (nSPS) is 19.8. The van der Waals surface area contributed by atoms with E-state index in [1.54, 1.807) is 18.3 Å². The summed E-state index contributed by atoms with van der Waals surface area (Å²) in [4.78, 5) is 14.2. The van der Waals surface area contributed by atoms with E-state index in [2.05, 4.69) is 22.4 Å². The van der Waals surface area contributed by atoms with Gasteiger partial charge in [0.1, 0.15) is 0 Å². The fourth-order valence-electron chi connectivity index (χ4n) is 2.20. The van der Waals surface area contributed by atoms with Gasteiger partial charge in [0.05, 0.1) is 18.3 Å². The van der Waals surface area contributed by atoms with Crippen LogP contribution >= 0.6 is 0 Å². The van der Waals surface area contributed by atoms with Gasteiger partial charge >= 0.3 is 0 Å². The lowest BCUT2D eigenvalue weighted by atomic mass is 10.2. The molecule has 1 atom stereocenters. The summed E-state index contributed by atoms with van der Waals surface area (Å²) in [5.41, 5.74) is 1.22. The van der Waals surface area contributed by atoms with Crippen molar-refractivity contribution >= 4 is 11.6 Å². The number of carbonyl (C=O) groups is 1. The van der Waals surface area contributed by atoms with E-state index in [0.29, 0.717) is 30.9 Å². The smallest absolute Gasteiger partial charge is 0.255 e. The number of tetrazole rings is 1. The number of nitrogens with zero attached hydrogens (tertiary/aromatic N) is 5. The van der Waals surface area contributed by atoms with Crippen LogP contribution in [0.4, 0.5) is 0 Å². The van der Waals surface area contributed by atoms with Crippen LogP contribution in [0.15, 0.2) is 18.3 Å². The second-order valence-corrected chi connectivity index (χ2v) is 4.55. The van der Waals surface area contributed by atoms with E-state index in [4.69, 9.17) is 4.74 Å². The maximum absolute atomic E-state index is 12.4. The van der Waals surface area contributed by atoms with E-state index in [0.717, 1.165) is 6.42 Å². The fourth-order valence-corrected chi connectivity index (χ4v) is 2.20. The number of hydrogen-bond acceptors (Lipinski definition) is 5. The molecular formula is C12H15N5O2. The third-order valence-corrected chi connectivity index (χ3v) is 3.32. The number of amides is 1. The first-order valence-electron chi connectivity index (χ1n) is 6.36. The van der Waals surface area contributed by atoms with Crippen LogP contribution in [0.1, 0.15) is 23.7 Å². The van der Waals surface area contributed by atoms with E-state index >= 15 is 0 Å². The van der Waals surface area contributed by atoms with Crippen LogP contribution in [0.3, 0.4) is 0 Å². The predicted molar refractivity (Wildman–Crippen MR) is 66.7 cm³/mol. The molecule has 0 aliphatic carbocycles. The van der Waals surface area contributed by atoms with Gasteiger partial charge in [-0.15, -0.1) is 5.10 Å². The topological polar surface area (TPSA) is 72.6 Å². The molecule has 1 aliphatic heterocycles. The molecule has 100 valence electrons. The highest BCUT2D eigenvalue weighted by Crippen LogP contribution is 2.12. The molecule has 0 spiro atoms. The maximum atomic E-state index is 12.4. The molecule has 1 fully saturated rings. The fraction of sp³-hybridized carbons (Fsp3) is 0.500. The predicted octanol–water partition coefficient (Wildman–Crippen LogP) is 0.375. The van der Waals surface area contributed by atoms with E-state index < -0.39 is 0 Å². The van der Waals surface area contributed by atoms with Crippen molar-refractivity contribution in [3.8, 4) is 0 Å². The van der Waals surface area contributed by atoms with Gasteiger partial charge in [0.15, 0.2) is 5.65 Å². The van der Waals surface area contributed by atoms with Gasteiger partial charge in [-0.25, -0.2) is 0 Å². The summed E-state index contributed by atoms with van der Waals surface area (Å²) in [5, 5.41) is 11.2. The molecular weight excluding hydrogens is 246 g/mol. The number of ether oxygens (including phenoxy) is 1. The average molecular weight is 261 g/mol. The highest BCUT2D eigenvalue weighted by atomic mass is 16.5. The van der Waals surface area contributed by atoms with E-state index in [9.17, 15) is 4.79 Å². The Morgan fingerprint density at radius 2 is 2.42 bits per heavy atom. The van der Waals surface area contributed by atoms with Crippen LogP contribution in [0.2, 0.25) is 0 Å². The molecule has 1 unspecified atom stereocenters. The summed E-state index contributed by atoms with van der Waals surface area (Å²) < 4.78 is 7.07. The molecule has 7 nitrogen and oxygen atoms in total. The van der Waals surface area contributed by atoms with Crippen LogP contribution in [-0.4, -0.2) is 56.6 Å². The first-order chi connectivity index (χ1) is 9.28. The second-order valence-electron chi connectivity index (χ2n) is 4.55. The van der Waals surface area contributed by atoms with Crippen molar-refractivity contribution in [2.24, 2.45) is 0 Å². The van der Waals surface area contributed by atoms with Crippen molar-refractivity contribution in [3.63, 3.8) is 0 Å². The molecule has 0 aromatic carbocycles. The maximum Gasteiger partial charge on any atom is 0.255 e. The highest BCUT2D eigenvalue weighted by molar-refractivity contribution is 5.94. The Balaban J connectivity index is 1.82. The molecule has 0 saturated carbocycles. The third-order valence-electron chi connectivity index (χ3n) is 3.32. The summed E-state index contributed by atoms with van der Waals surface area (Å²) in [6.07, 6.45) is 2.71. The molecule has 1 amide bonds. The van der Waals surface area contributed by atoms with E-state index in [-0.39, 0.29) is 12.0 Å². The average Bonchev–Trinajstić information content (AvgIpc) is 2.94. The third kappa shape index (κ3) is 2.28. The van der Waals surface area contributed by atoms with E-state index in [1.807, 2.05) is 4.90 Å². The van der Waals surface area contributed by atoms with Crippen LogP contribution in [-0.2, 0) is 4.74 Å². The molecule has 0 bridgehead atoms. The lowest BCUT2D eigenvalue weighted by molar-refractivity contribution is -0.0226. The number of morpholine rings is 1. The van der Waals surface area contributed by atoms with Crippen LogP contribution in [0.5, 0.6) is 0 Å². The molecule has 3 rings (SSSR count). The van der Waals surface area contributed by atoms with Crippen molar-refractivity contribution in [1.82, 2.24) is 24.9 Å². The lowest BCUT2D eigenvalue weighted by Gasteiger charge is -2.32. The van der Waals surface area contributed by atoms with E-state index in [1.165, 1.54) is 4.52 Å². The van der Waals surface area contributed by atoms with Gasteiger partial charge in [-0.2, -0.15) is 4.52 Å².